The first-order valence-electron chi connectivity index (χ1n) is 4.43. The van der Waals surface area contributed by atoms with Gasteiger partial charge in [-0.2, -0.15) is 0 Å². The van der Waals surface area contributed by atoms with Gasteiger partial charge in [0.15, 0.2) is 0 Å². The van der Waals surface area contributed by atoms with E-state index in [-0.39, 0.29) is 11.5 Å². The van der Waals surface area contributed by atoms with E-state index < -0.39 is 0 Å². The Hall–Kier alpha value is -0.570. The normalized spacial score (nSPS) is 24.7. The summed E-state index contributed by atoms with van der Waals surface area (Å²) in [6, 6.07) is 0. The largest absolute Gasteiger partial charge is 0.391 e. The van der Waals surface area contributed by atoms with Crippen molar-refractivity contribution in [1.29, 1.82) is 5.41 Å². The van der Waals surface area contributed by atoms with Gasteiger partial charge in [-0.25, -0.2) is 0 Å². The van der Waals surface area contributed by atoms with E-state index in [9.17, 15) is 5.11 Å². The number of aliphatic hydroxyl groups excluding tert-OH is 1. The Morgan fingerprint density at radius 1 is 1.50 bits per heavy atom. The van der Waals surface area contributed by atoms with Crippen LogP contribution in [0.25, 0.3) is 0 Å². The van der Waals surface area contributed by atoms with E-state index in [0.717, 1.165) is 13.0 Å². The van der Waals surface area contributed by atoms with Gasteiger partial charge in [0.1, 0.15) is 5.84 Å². The molecular weight excluding hydrogens is 152 g/mol. The molecule has 12 heavy (non-hydrogen) atoms. The van der Waals surface area contributed by atoms with E-state index in [1.807, 2.05) is 25.7 Å². The Bertz CT molecular complexity index is 183. The summed E-state index contributed by atoms with van der Waals surface area (Å²) in [5.41, 5.74) is -0.0932. The van der Waals surface area contributed by atoms with Crippen molar-refractivity contribution in [2.24, 2.45) is 5.41 Å². The van der Waals surface area contributed by atoms with E-state index >= 15 is 0 Å². The molecular formula is C9H18N2O. The number of hydrogen-bond acceptors (Lipinski definition) is 2. The molecule has 1 atom stereocenters. The molecule has 0 spiro atoms. The Morgan fingerprint density at radius 3 is 2.42 bits per heavy atom. The van der Waals surface area contributed by atoms with Crippen LogP contribution in [-0.2, 0) is 0 Å². The fourth-order valence-corrected chi connectivity index (χ4v) is 1.42. The standard InChI is InChI=1S/C9H18N2O/c1-9(2,3)8(10)11-5-4-7(12)6-11/h7,10,12H,4-6H2,1-3H3/t7-/m1/s1. The van der Waals surface area contributed by atoms with Gasteiger partial charge in [0, 0.05) is 18.5 Å². The van der Waals surface area contributed by atoms with Crippen molar-refractivity contribution >= 4 is 5.84 Å². The Labute approximate surface area is 73.9 Å². The minimum Gasteiger partial charge on any atom is -0.391 e. The smallest absolute Gasteiger partial charge is 0.101 e. The van der Waals surface area contributed by atoms with Crippen LogP contribution in [0.5, 0.6) is 0 Å². The third kappa shape index (κ3) is 1.97. The Kier molecular flexibility index (Phi) is 2.42. The maximum Gasteiger partial charge on any atom is 0.101 e. The Morgan fingerprint density at radius 2 is 2.08 bits per heavy atom. The maximum atomic E-state index is 9.28. The van der Waals surface area contributed by atoms with Crippen molar-refractivity contribution in [3.8, 4) is 0 Å². The summed E-state index contributed by atoms with van der Waals surface area (Å²) in [5, 5.41) is 17.1. The monoisotopic (exact) mass is 170 g/mol. The number of rotatable bonds is 0. The Balaban J connectivity index is 2.55. The van der Waals surface area contributed by atoms with Gasteiger partial charge in [-0.1, -0.05) is 20.8 Å². The highest BCUT2D eigenvalue weighted by atomic mass is 16.3. The lowest BCUT2D eigenvalue weighted by atomic mass is 9.94. The molecule has 3 heteroatoms. The van der Waals surface area contributed by atoms with Gasteiger partial charge in [0.2, 0.25) is 0 Å². The van der Waals surface area contributed by atoms with Crippen molar-refractivity contribution in [2.75, 3.05) is 13.1 Å². The molecule has 1 aliphatic heterocycles. The van der Waals surface area contributed by atoms with Crippen LogP contribution in [0, 0.1) is 10.8 Å². The minimum atomic E-state index is -0.229. The molecule has 0 radical (unpaired) electrons. The second-order valence-electron chi connectivity index (χ2n) is 4.49. The van der Waals surface area contributed by atoms with Crippen LogP contribution >= 0.6 is 0 Å². The van der Waals surface area contributed by atoms with Crippen LogP contribution < -0.4 is 0 Å². The second kappa shape index (κ2) is 3.05. The topological polar surface area (TPSA) is 47.3 Å². The molecule has 0 aromatic carbocycles. The van der Waals surface area contributed by atoms with Crippen molar-refractivity contribution in [2.45, 2.75) is 33.3 Å². The third-order valence-electron chi connectivity index (χ3n) is 2.19. The molecule has 3 nitrogen and oxygen atoms in total. The zero-order valence-electron chi connectivity index (χ0n) is 8.09. The lowest BCUT2D eigenvalue weighted by Gasteiger charge is -2.28. The maximum absolute atomic E-state index is 9.28. The third-order valence-corrected chi connectivity index (χ3v) is 2.19. The average molecular weight is 170 g/mol. The molecule has 1 rings (SSSR count). The highest BCUT2D eigenvalue weighted by molar-refractivity contribution is 5.84. The number of β-amino-alcohol motifs (C(OH)–C–C–N with tert-alkyl or cyclic N) is 1. The molecule has 70 valence electrons. The van der Waals surface area contributed by atoms with Crippen LogP contribution in [0.1, 0.15) is 27.2 Å². The number of amidine groups is 1. The first-order valence-corrected chi connectivity index (χ1v) is 4.43. The fourth-order valence-electron chi connectivity index (χ4n) is 1.42. The molecule has 0 unspecified atom stereocenters. The van der Waals surface area contributed by atoms with Crippen LogP contribution in [0.2, 0.25) is 0 Å². The van der Waals surface area contributed by atoms with E-state index in [0.29, 0.717) is 12.4 Å². The number of nitrogens with zero attached hydrogens (tertiary/aromatic N) is 1. The van der Waals surface area contributed by atoms with Gasteiger partial charge in [-0.15, -0.1) is 0 Å². The molecule has 0 aromatic rings. The number of hydrogen-bond donors (Lipinski definition) is 2. The van der Waals surface area contributed by atoms with Gasteiger partial charge in [-0.05, 0) is 6.42 Å². The molecule has 1 heterocycles. The van der Waals surface area contributed by atoms with Crippen LogP contribution in [0.3, 0.4) is 0 Å². The van der Waals surface area contributed by atoms with Gasteiger partial charge in [0.25, 0.3) is 0 Å². The number of aliphatic hydroxyl groups is 1. The van der Waals surface area contributed by atoms with Crippen LogP contribution in [0.15, 0.2) is 0 Å². The average Bonchev–Trinajstić information content (AvgIpc) is 2.32. The highest BCUT2D eigenvalue weighted by Gasteiger charge is 2.28. The predicted octanol–water partition coefficient (Wildman–Crippen LogP) is 1.08. The van der Waals surface area contributed by atoms with Crippen LogP contribution in [0.4, 0.5) is 0 Å². The summed E-state index contributed by atoms with van der Waals surface area (Å²) in [4.78, 5) is 1.96. The quantitative estimate of drug-likeness (QED) is 0.422. The summed E-state index contributed by atoms with van der Waals surface area (Å²) in [6.45, 7) is 7.55. The van der Waals surface area contributed by atoms with Crippen molar-refractivity contribution < 1.29 is 5.11 Å². The summed E-state index contributed by atoms with van der Waals surface area (Å²) >= 11 is 0. The SMILES string of the molecule is CC(C)(C)C(=N)N1CC[C@@H](O)C1. The van der Waals surface area contributed by atoms with Crippen molar-refractivity contribution in [3.05, 3.63) is 0 Å². The van der Waals surface area contributed by atoms with Gasteiger partial charge >= 0.3 is 0 Å². The lowest BCUT2D eigenvalue weighted by Crippen LogP contribution is -2.37. The molecule has 0 aromatic heterocycles. The second-order valence-corrected chi connectivity index (χ2v) is 4.49. The summed E-state index contributed by atoms with van der Waals surface area (Å²) in [6.07, 6.45) is 0.575. The molecule has 0 amide bonds. The highest BCUT2D eigenvalue weighted by Crippen LogP contribution is 2.21. The molecule has 1 fully saturated rings. The number of nitrogens with one attached hydrogen (secondary N) is 1. The first-order chi connectivity index (χ1) is 5.41. The van der Waals surface area contributed by atoms with Gasteiger partial charge < -0.3 is 10.0 Å². The molecule has 1 aliphatic rings. The molecule has 1 saturated heterocycles. The van der Waals surface area contributed by atoms with Crippen molar-refractivity contribution in [3.63, 3.8) is 0 Å². The summed E-state index contributed by atoms with van der Waals surface area (Å²) in [7, 11) is 0. The first kappa shape index (κ1) is 9.52. The fraction of sp³-hybridized carbons (Fsp3) is 0.889. The zero-order chi connectivity index (χ0) is 9.35. The lowest BCUT2D eigenvalue weighted by molar-refractivity contribution is 0.187. The van der Waals surface area contributed by atoms with E-state index in [1.54, 1.807) is 0 Å². The summed E-state index contributed by atoms with van der Waals surface area (Å²) < 4.78 is 0. The predicted molar refractivity (Wildman–Crippen MR) is 49.4 cm³/mol. The van der Waals surface area contributed by atoms with Gasteiger partial charge in [-0.3, -0.25) is 5.41 Å². The molecule has 2 N–H and O–H groups in total. The van der Waals surface area contributed by atoms with E-state index in [4.69, 9.17) is 5.41 Å². The minimum absolute atomic E-state index is 0.0932. The zero-order valence-corrected chi connectivity index (χ0v) is 8.09. The molecule has 0 saturated carbocycles. The van der Waals surface area contributed by atoms with E-state index in [2.05, 4.69) is 0 Å². The molecule has 0 aliphatic carbocycles. The molecule has 0 bridgehead atoms. The number of likely N-dealkylation sites (tertiary alicyclic amines) is 1. The van der Waals surface area contributed by atoms with Crippen molar-refractivity contribution in [1.82, 2.24) is 4.90 Å². The van der Waals surface area contributed by atoms with Gasteiger partial charge in [0.05, 0.1) is 6.10 Å². The summed E-state index contributed by atoms with van der Waals surface area (Å²) in [5.74, 6) is 0.638. The van der Waals surface area contributed by atoms with E-state index in [1.165, 1.54) is 0 Å². The van der Waals surface area contributed by atoms with Crippen LogP contribution in [-0.4, -0.2) is 35.0 Å².